The lowest BCUT2D eigenvalue weighted by Gasteiger charge is -2.08. The van der Waals surface area contributed by atoms with E-state index in [1.807, 2.05) is 6.07 Å². The minimum Gasteiger partial charge on any atom is -0.491 e. The molecule has 1 aliphatic rings. The first-order chi connectivity index (χ1) is 7.79. The van der Waals surface area contributed by atoms with E-state index in [4.69, 9.17) is 10.5 Å². The van der Waals surface area contributed by atoms with Crippen molar-refractivity contribution in [2.45, 2.75) is 25.7 Å². The molecule has 0 amide bonds. The maximum absolute atomic E-state index is 13.5. The van der Waals surface area contributed by atoms with Crippen LogP contribution in [0, 0.1) is 11.7 Å². The van der Waals surface area contributed by atoms with Gasteiger partial charge in [-0.15, -0.1) is 0 Å². The van der Waals surface area contributed by atoms with Crippen LogP contribution in [-0.4, -0.2) is 13.2 Å². The van der Waals surface area contributed by atoms with Crippen LogP contribution in [0.3, 0.4) is 0 Å². The molecule has 2 rings (SSSR count). The molecule has 16 heavy (non-hydrogen) atoms. The number of benzene rings is 1. The van der Waals surface area contributed by atoms with E-state index in [1.165, 1.54) is 18.9 Å². The zero-order valence-electron chi connectivity index (χ0n) is 9.42. The molecule has 2 N–H and O–H groups in total. The van der Waals surface area contributed by atoms with Crippen molar-refractivity contribution in [1.29, 1.82) is 0 Å². The molecule has 2 nitrogen and oxygen atoms in total. The summed E-state index contributed by atoms with van der Waals surface area (Å²) < 4.78 is 19.0. The molecule has 0 heterocycles. The minimum absolute atomic E-state index is 0.276. The Morgan fingerprint density at radius 1 is 1.38 bits per heavy atom. The highest BCUT2D eigenvalue weighted by Gasteiger charge is 2.20. The molecule has 0 spiro atoms. The summed E-state index contributed by atoms with van der Waals surface area (Å²) in [4.78, 5) is 0. The highest BCUT2D eigenvalue weighted by molar-refractivity contribution is 5.29. The third-order valence-corrected chi connectivity index (χ3v) is 2.91. The molecule has 88 valence electrons. The number of ether oxygens (including phenoxy) is 1. The van der Waals surface area contributed by atoms with E-state index in [-0.39, 0.29) is 5.82 Å². The molecular formula is C13H18FNO. The summed E-state index contributed by atoms with van der Waals surface area (Å²) in [5, 5.41) is 0. The molecule has 0 aliphatic heterocycles. The fraction of sp³-hybridized carbons (Fsp3) is 0.538. The van der Waals surface area contributed by atoms with Gasteiger partial charge in [0.15, 0.2) is 11.6 Å². The molecule has 3 heteroatoms. The fourth-order valence-corrected chi connectivity index (χ4v) is 1.73. The van der Waals surface area contributed by atoms with E-state index < -0.39 is 0 Å². The van der Waals surface area contributed by atoms with Crippen molar-refractivity contribution in [2.75, 3.05) is 13.2 Å². The third-order valence-electron chi connectivity index (χ3n) is 2.91. The largest absolute Gasteiger partial charge is 0.491 e. The predicted octanol–water partition coefficient (Wildman–Crippen LogP) is 2.51. The van der Waals surface area contributed by atoms with Crippen LogP contribution >= 0.6 is 0 Å². The van der Waals surface area contributed by atoms with Crippen LogP contribution in [-0.2, 0) is 6.42 Å². The second-order valence-electron chi connectivity index (χ2n) is 4.38. The summed E-state index contributed by atoms with van der Waals surface area (Å²) >= 11 is 0. The molecule has 0 radical (unpaired) electrons. The normalized spacial score (nSPS) is 15.1. The van der Waals surface area contributed by atoms with Crippen molar-refractivity contribution in [3.8, 4) is 5.75 Å². The molecule has 0 saturated heterocycles. The number of nitrogens with two attached hydrogens (primary N) is 1. The van der Waals surface area contributed by atoms with Crippen LogP contribution in [0.25, 0.3) is 0 Å². The van der Waals surface area contributed by atoms with Gasteiger partial charge in [0.1, 0.15) is 0 Å². The Hall–Kier alpha value is -1.09. The Morgan fingerprint density at radius 2 is 2.19 bits per heavy atom. The third kappa shape index (κ3) is 3.20. The van der Waals surface area contributed by atoms with Gasteiger partial charge in [-0.3, -0.25) is 0 Å². The lowest BCUT2D eigenvalue weighted by atomic mass is 10.1. The zero-order chi connectivity index (χ0) is 11.4. The van der Waals surface area contributed by atoms with E-state index in [1.54, 1.807) is 6.07 Å². The van der Waals surface area contributed by atoms with Gasteiger partial charge < -0.3 is 10.5 Å². The second kappa shape index (κ2) is 5.30. The van der Waals surface area contributed by atoms with Gasteiger partial charge in [-0.05, 0) is 43.0 Å². The maximum Gasteiger partial charge on any atom is 0.165 e. The SMILES string of the molecule is NCCc1ccc(OCCC2CC2)c(F)c1. The molecular weight excluding hydrogens is 205 g/mol. The quantitative estimate of drug-likeness (QED) is 0.804. The smallest absolute Gasteiger partial charge is 0.165 e. The van der Waals surface area contributed by atoms with Crippen molar-refractivity contribution in [3.63, 3.8) is 0 Å². The average Bonchev–Trinajstić information content (AvgIpc) is 3.06. The van der Waals surface area contributed by atoms with Crippen LogP contribution in [0.15, 0.2) is 18.2 Å². The first kappa shape index (κ1) is 11.4. The van der Waals surface area contributed by atoms with Crippen LogP contribution < -0.4 is 10.5 Å². The average molecular weight is 223 g/mol. The van der Waals surface area contributed by atoms with Gasteiger partial charge in [0, 0.05) is 0 Å². The summed E-state index contributed by atoms with van der Waals surface area (Å²) in [7, 11) is 0. The summed E-state index contributed by atoms with van der Waals surface area (Å²) in [6, 6.07) is 5.09. The minimum atomic E-state index is -0.276. The summed E-state index contributed by atoms with van der Waals surface area (Å²) in [5.74, 6) is 0.905. The van der Waals surface area contributed by atoms with E-state index >= 15 is 0 Å². The van der Waals surface area contributed by atoms with Crippen LogP contribution in [0.2, 0.25) is 0 Å². The van der Waals surface area contributed by atoms with Gasteiger partial charge in [0.2, 0.25) is 0 Å². The monoisotopic (exact) mass is 223 g/mol. The summed E-state index contributed by atoms with van der Waals surface area (Å²) in [6.45, 7) is 1.17. The second-order valence-corrected chi connectivity index (χ2v) is 4.38. The molecule has 0 unspecified atom stereocenters. The highest BCUT2D eigenvalue weighted by Crippen LogP contribution is 2.32. The van der Waals surface area contributed by atoms with Crippen molar-refractivity contribution in [1.82, 2.24) is 0 Å². The maximum atomic E-state index is 13.5. The van der Waals surface area contributed by atoms with E-state index in [2.05, 4.69) is 0 Å². The Labute approximate surface area is 95.6 Å². The van der Waals surface area contributed by atoms with Crippen LogP contribution in [0.4, 0.5) is 4.39 Å². The number of halogens is 1. The van der Waals surface area contributed by atoms with Crippen LogP contribution in [0.5, 0.6) is 5.75 Å². The zero-order valence-corrected chi connectivity index (χ0v) is 9.42. The lowest BCUT2D eigenvalue weighted by Crippen LogP contribution is -2.04. The number of hydrogen-bond acceptors (Lipinski definition) is 2. The fourth-order valence-electron chi connectivity index (χ4n) is 1.73. The number of hydrogen-bond donors (Lipinski definition) is 1. The van der Waals surface area contributed by atoms with Gasteiger partial charge in [-0.1, -0.05) is 18.9 Å². The van der Waals surface area contributed by atoms with Gasteiger partial charge >= 0.3 is 0 Å². The Bertz CT molecular complexity index is 350. The Kier molecular flexibility index (Phi) is 3.78. The van der Waals surface area contributed by atoms with E-state index in [9.17, 15) is 4.39 Å². The highest BCUT2D eigenvalue weighted by atomic mass is 19.1. The molecule has 1 fully saturated rings. The molecule has 1 aromatic rings. The summed E-state index contributed by atoms with van der Waals surface area (Å²) in [6.07, 6.45) is 4.37. The van der Waals surface area contributed by atoms with Gasteiger partial charge in [0.25, 0.3) is 0 Å². The topological polar surface area (TPSA) is 35.2 Å². The molecule has 1 aliphatic carbocycles. The van der Waals surface area contributed by atoms with Crippen LogP contribution in [0.1, 0.15) is 24.8 Å². The Balaban J connectivity index is 1.87. The van der Waals surface area contributed by atoms with Crippen molar-refractivity contribution in [3.05, 3.63) is 29.6 Å². The van der Waals surface area contributed by atoms with Crippen molar-refractivity contribution in [2.24, 2.45) is 11.7 Å². The van der Waals surface area contributed by atoms with Gasteiger partial charge in [0.05, 0.1) is 6.61 Å². The summed E-state index contributed by atoms with van der Waals surface area (Å²) in [5.41, 5.74) is 6.34. The first-order valence-electron chi connectivity index (χ1n) is 5.91. The molecule has 0 aromatic heterocycles. The molecule has 1 saturated carbocycles. The van der Waals surface area contributed by atoms with Crippen molar-refractivity contribution < 1.29 is 9.13 Å². The molecule has 0 bridgehead atoms. The predicted molar refractivity (Wildman–Crippen MR) is 62.0 cm³/mol. The molecule has 0 atom stereocenters. The van der Waals surface area contributed by atoms with E-state index in [0.717, 1.165) is 17.9 Å². The van der Waals surface area contributed by atoms with Gasteiger partial charge in [-0.2, -0.15) is 0 Å². The van der Waals surface area contributed by atoms with E-state index in [0.29, 0.717) is 25.3 Å². The Morgan fingerprint density at radius 3 is 2.81 bits per heavy atom. The standard InChI is InChI=1S/C13H18FNO/c14-12-9-11(5-7-15)3-4-13(12)16-8-6-10-1-2-10/h3-4,9-10H,1-2,5-8,15H2. The van der Waals surface area contributed by atoms with Crippen molar-refractivity contribution >= 4 is 0 Å². The van der Waals surface area contributed by atoms with Gasteiger partial charge in [-0.25, -0.2) is 4.39 Å². The molecule has 1 aromatic carbocycles. The number of rotatable bonds is 6. The lowest BCUT2D eigenvalue weighted by molar-refractivity contribution is 0.288. The first-order valence-corrected chi connectivity index (χ1v) is 5.91.